The Bertz CT molecular complexity index is 1140. The molecule has 0 aliphatic rings. The smallest absolute Gasteiger partial charge is 0.281 e. The summed E-state index contributed by atoms with van der Waals surface area (Å²) in [6.07, 6.45) is 0. The predicted octanol–water partition coefficient (Wildman–Crippen LogP) is 4.10. The molecule has 0 fully saturated rings. The number of benzene rings is 2. The Morgan fingerprint density at radius 3 is 2.28 bits per heavy atom. The number of pyridine rings is 1. The minimum absolute atomic E-state index is 0.00349. The number of anilines is 1. The second-order valence-corrected chi connectivity index (χ2v) is 6.17. The van der Waals surface area contributed by atoms with E-state index in [4.69, 9.17) is 15.2 Å². The van der Waals surface area contributed by atoms with Crippen LogP contribution in [0.2, 0.25) is 0 Å². The third kappa shape index (κ3) is 3.41. The number of nitrogens with two attached hydrogens (primary N) is 1. The number of nitro benzene ring substituents is 1. The van der Waals surface area contributed by atoms with E-state index in [1.54, 1.807) is 6.92 Å². The summed E-state index contributed by atoms with van der Waals surface area (Å²) in [5.41, 5.74) is 8.26. The lowest BCUT2D eigenvalue weighted by Gasteiger charge is -2.17. The number of rotatable bonds is 5. The van der Waals surface area contributed by atoms with Gasteiger partial charge in [0.2, 0.25) is 0 Å². The van der Waals surface area contributed by atoms with Gasteiger partial charge in [-0.25, -0.2) is 4.98 Å². The summed E-state index contributed by atoms with van der Waals surface area (Å²) in [4.78, 5) is 15.6. The first kappa shape index (κ1) is 19.6. The number of nitrogens with zero attached hydrogens (tertiary/aromatic N) is 3. The summed E-state index contributed by atoms with van der Waals surface area (Å²) in [5, 5.41) is 21.6. The summed E-state index contributed by atoms with van der Waals surface area (Å²) in [6.45, 7) is 1.75. The van der Waals surface area contributed by atoms with Gasteiger partial charge in [0, 0.05) is 16.8 Å². The molecule has 29 heavy (non-hydrogen) atoms. The number of methoxy groups -OCH3 is 2. The molecule has 3 rings (SSSR count). The van der Waals surface area contributed by atoms with Crippen LogP contribution in [0, 0.1) is 28.4 Å². The molecule has 146 valence electrons. The van der Waals surface area contributed by atoms with Gasteiger partial charge in [0.1, 0.15) is 17.5 Å². The lowest BCUT2D eigenvalue weighted by atomic mass is 9.89. The Balaban J connectivity index is 2.52. The molecule has 0 radical (unpaired) electrons. The van der Waals surface area contributed by atoms with E-state index in [-0.39, 0.29) is 28.4 Å². The molecule has 1 aromatic heterocycles. The number of nitrogen functional groups attached to an aromatic ring is 1. The van der Waals surface area contributed by atoms with Crippen molar-refractivity contribution in [3.63, 3.8) is 0 Å². The molecule has 2 N–H and O–H groups in total. The summed E-state index contributed by atoms with van der Waals surface area (Å²) < 4.78 is 10.5. The third-order valence-corrected chi connectivity index (χ3v) is 4.55. The molecule has 8 nitrogen and oxygen atoms in total. The highest BCUT2D eigenvalue weighted by atomic mass is 16.6. The zero-order valence-electron chi connectivity index (χ0n) is 16.1. The van der Waals surface area contributed by atoms with Gasteiger partial charge in [-0.1, -0.05) is 30.3 Å². The van der Waals surface area contributed by atoms with E-state index in [1.165, 1.54) is 26.4 Å². The fourth-order valence-corrected chi connectivity index (χ4v) is 3.29. The van der Waals surface area contributed by atoms with Gasteiger partial charge in [0.15, 0.2) is 11.5 Å². The van der Waals surface area contributed by atoms with E-state index in [0.29, 0.717) is 22.6 Å². The number of nitriles is 1. The highest BCUT2D eigenvalue weighted by Crippen LogP contribution is 2.46. The van der Waals surface area contributed by atoms with Crippen molar-refractivity contribution in [2.45, 2.75) is 6.92 Å². The van der Waals surface area contributed by atoms with Gasteiger partial charge in [-0.05, 0) is 18.6 Å². The summed E-state index contributed by atoms with van der Waals surface area (Å²) >= 11 is 0. The van der Waals surface area contributed by atoms with Crippen LogP contribution in [0.4, 0.5) is 11.5 Å². The Morgan fingerprint density at radius 2 is 1.72 bits per heavy atom. The van der Waals surface area contributed by atoms with E-state index in [1.807, 2.05) is 36.4 Å². The van der Waals surface area contributed by atoms with Crippen molar-refractivity contribution < 1.29 is 14.4 Å². The Kier molecular flexibility index (Phi) is 5.32. The normalized spacial score (nSPS) is 10.3. The van der Waals surface area contributed by atoms with E-state index < -0.39 is 4.92 Å². The largest absolute Gasteiger partial charge is 0.493 e. The molecule has 0 aliphatic carbocycles. The fraction of sp³-hybridized carbons (Fsp3) is 0.143. The van der Waals surface area contributed by atoms with E-state index >= 15 is 0 Å². The summed E-state index contributed by atoms with van der Waals surface area (Å²) in [7, 11) is 2.83. The lowest BCUT2D eigenvalue weighted by Crippen LogP contribution is -2.05. The maximum Gasteiger partial charge on any atom is 0.281 e. The number of aryl methyl sites for hydroxylation is 1. The van der Waals surface area contributed by atoms with Crippen molar-refractivity contribution in [1.82, 2.24) is 4.98 Å². The zero-order chi connectivity index (χ0) is 21.1. The van der Waals surface area contributed by atoms with Crippen LogP contribution < -0.4 is 15.2 Å². The van der Waals surface area contributed by atoms with Gasteiger partial charge in [-0.3, -0.25) is 10.1 Å². The summed E-state index contributed by atoms with van der Waals surface area (Å²) in [6, 6.07) is 14.0. The highest BCUT2D eigenvalue weighted by Gasteiger charge is 2.28. The number of nitro groups is 1. The average Bonchev–Trinajstić information content (AvgIpc) is 2.72. The van der Waals surface area contributed by atoms with Crippen LogP contribution in [0.3, 0.4) is 0 Å². The first-order valence-electron chi connectivity index (χ1n) is 8.59. The topological polar surface area (TPSA) is 124 Å². The van der Waals surface area contributed by atoms with Crippen LogP contribution in [0.25, 0.3) is 22.3 Å². The highest BCUT2D eigenvalue weighted by molar-refractivity contribution is 5.94. The van der Waals surface area contributed by atoms with Crippen LogP contribution >= 0.6 is 0 Å². The number of hydrogen-bond donors (Lipinski definition) is 1. The molecule has 0 atom stereocenters. The molecule has 0 unspecified atom stereocenters. The Morgan fingerprint density at radius 1 is 1.10 bits per heavy atom. The van der Waals surface area contributed by atoms with Crippen LogP contribution in [-0.2, 0) is 0 Å². The zero-order valence-corrected chi connectivity index (χ0v) is 16.1. The summed E-state index contributed by atoms with van der Waals surface area (Å²) in [5.74, 6) is 0.509. The van der Waals surface area contributed by atoms with Crippen molar-refractivity contribution in [2.75, 3.05) is 20.0 Å². The fourth-order valence-electron chi connectivity index (χ4n) is 3.29. The maximum atomic E-state index is 11.9. The average molecular weight is 390 g/mol. The van der Waals surface area contributed by atoms with E-state index in [9.17, 15) is 15.4 Å². The number of aromatic nitrogens is 1. The molecule has 2 aromatic carbocycles. The Labute approximate surface area is 167 Å². The quantitative estimate of drug-likeness (QED) is 0.513. The lowest BCUT2D eigenvalue weighted by molar-refractivity contribution is -0.384. The van der Waals surface area contributed by atoms with Crippen molar-refractivity contribution in [1.29, 1.82) is 5.26 Å². The first-order chi connectivity index (χ1) is 13.9. The van der Waals surface area contributed by atoms with Crippen LogP contribution in [0.5, 0.6) is 11.5 Å². The van der Waals surface area contributed by atoms with E-state index in [2.05, 4.69) is 4.98 Å². The van der Waals surface area contributed by atoms with Gasteiger partial charge in [-0.2, -0.15) is 5.26 Å². The monoisotopic (exact) mass is 390 g/mol. The first-order valence-corrected chi connectivity index (χ1v) is 8.59. The maximum absolute atomic E-state index is 11.9. The molecule has 8 heteroatoms. The van der Waals surface area contributed by atoms with Gasteiger partial charge in [0.25, 0.3) is 5.69 Å². The van der Waals surface area contributed by atoms with Crippen LogP contribution in [0.15, 0.2) is 42.5 Å². The molecular weight excluding hydrogens is 372 g/mol. The molecule has 0 saturated carbocycles. The van der Waals surface area contributed by atoms with Gasteiger partial charge in [0.05, 0.1) is 30.8 Å². The second kappa shape index (κ2) is 7.86. The van der Waals surface area contributed by atoms with Gasteiger partial charge >= 0.3 is 0 Å². The number of ether oxygens (including phenoxy) is 2. The van der Waals surface area contributed by atoms with E-state index in [0.717, 1.165) is 5.56 Å². The van der Waals surface area contributed by atoms with Crippen molar-refractivity contribution in [3.05, 3.63) is 63.8 Å². The molecular formula is C21H18N4O4. The molecule has 0 saturated heterocycles. The molecule has 0 amide bonds. The molecule has 0 bridgehead atoms. The van der Waals surface area contributed by atoms with Crippen LogP contribution in [0.1, 0.15) is 11.3 Å². The van der Waals surface area contributed by atoms with Gasteiger partial charge in [-0.15, -0.1) is 0 Å². The number of hydrogen-bond acceptors (Lipinski definition) is 7. The van der Waals surface area contributed by atoms with Crippen molar-refractivity contribution in [2.24, 2.45) is 0 Å². The van der Waals surface area contributed by atoms with Crippen LogP contribution in [-0.4, -0.2) is 24.1 Å². The van der Waals surface area contributed by atoms with Crippen molar-refractivity contribution >= 4 is 11.5 Å². The SMILES string of the molecule is COc1cc(-c2c(C#N)c(N)nc(C)c2-c2ccccc2)c([N+](=O)[O-])cc1OC. The molecule has 0 spiro atoms. The predicted molar refractivity (Wildman–Crippen MR) is 109 cm³/mol. The van der Waals surface area contributed by atoms with Gasteiger partial charge < -0.3 is 15.2 Å². The molecule has 3 aromatic rings. The standard InChI is InChI=1S/C21H18N4O4/c1-12-19(13-7-5-4-6-8-13)20(15(11-22)21(23)24-12)14-9-17(28-2)18(29-3)10-16(14)25(26)27/h4-10H,1-3H3,(H2,23,24). The molecule has 1 heterocycles. The third-order valence-electron chi connectivity index (χ3n) is 4.55. The molecule has 0 aliphatic heterocycles. The second-order valence-electron chi connectivity index (χ2n) is 6.17. The van der Waals surface area contributed by atoms with Crippen molar-refractivity contribution in [3.8, 4) is 39.8 Å². The minimum atomic E-state index is -0.529. The minimum Gasteiger partial charge on any atom is -0.493 e. The Hall–Kier alpha value is -4.12.